The van der Waals surface area contributed by atoms with Crippen molar-refractivity contribution in [3.63, 3.8) is 0 Å². The molecule has 2 rings (SSSR count). The van der Waals surface area contributed by atoms with Crippen molar-refractivity contribution in [3.05, 3.63) is 53.1 Å². The Bertz CT molecular complexity index is 930. The van der Waals surface area contributed by atoms with E-state index in [2.05, 4.69) is 23.9 Å². The number of benzene rings is 2. The van der Waals surface area contributed by atoms with Crippen molar-refractivity contribution < 1.29 is 22.7 Å². The highest BCUT2D eigenvalue weighted by Gasteiger charge is 2.16. The van der Waals surface area contributed by atoms with Gasteiger partial charge in [0, 0.05) is 19.3 Å². The number of hydrogen-bond donors (Lipinski definition) is 2. The fraction of sp³-hybridized carbons (Fsp3) is 0.350. The minimum atomic E-state index is -3.70. The van der Waals surface area contributed by atoms with Crippen molar-refractivity contribution in [3.8, 4) is 5.75 Å². The molecule has 0 unspecified atom stereocenters. The first-order valence-corrected chi connectivity index (χ1v) is 10.9. The topological polar surface area (TPSA) is 93.7 Å². The molecule has 0 spiro atoms. The number of carbonyl (C=O) groups excluding carboxylic acids is 1. The fourth-order valence-electron chi connectivity index (χ4n) is 2.42. The fourth-order valence-corrected chi connectivity index (χ4v) is 3.76. The van der Waals surface area contributed by atoms with Crippen LogP contribution in [0.1, 0.15) is 25.3 Å². The maximum absolute atomic E-state index is 12.2. The van der Waals surface area contributed by atoms with E-state index in [9.17, 15) is 13.2 Å². The van der Waals surface area contributed by atoms with Gasteiger partial charge in [0.25, 0.3) is 5.91 Å². The van der Waals surface area contributed by atoms with E-state index in [1.54, 1.807) is 0 Å². The second kappa shape index (κ2) is 10.6. The van der Waals surface area contributed by atoms with Gasteiger partial charge in [0.05, 0.1) is 16.5 Å². The van der Waals surface area contributed by atoms with Crippen LogP contribution in [0.2, 0.25) is 5.02 Å². The van der Waals surface area contributed by atoms with Crippen molar-refractivity contribution in [1.29, 1.82) is 0 Å². The summed E-state index contributed by atoms with van der Waals surface area (Å²) in [5.74, 6) is 0.274. The molecule has 0 radical (unpaired) electrons. The minimum absolute atomic E-state index is 0.000599. The lowest BCUT2D eigenvalue weighted by Gasteiger charge is -2.11. The van der Waals surface area contributed by atoms with Gasteiger partial charge in [0.1, 0.15) is 5.75 Å². The lowest BCUT2D eigenvalue weighted by Crippen LogP contribution is -2.27. The second-order valence-electron chi connectivity index (χ2n) is 6.60. The van der Waals surface area contributed by atoms with E-state index in [0.29, 0.717) is 11.6 Å². The van der Waals surface area contributed by atoms with Gasteiger partial charge in [0.15, 0.2) is 6.61 Å². The van der Waals surface area contributed by atoms with E-state index in [1.807, 2.05) is 24.3 Å². The monoisotopic (exact) mass is 440 g/mol. The molecule has 2 aromatic carbocycles. The number of sulfonamides is 1. The molecule has 29 heavy (non-hydrogen) atoms. The largest absolute Gasteiger partial charge is 0.482 e. The van der Waals surface area contributed by atoms with Crippen LogP contribution in [0.3, 0.4) is 0 Å². The van der Waals surface area contributed by atoms with Crippen LogP contribution in [0, 0.1) is 0 Å². The average Bonchev–Trinajstić information content (AvgIpc) is 2.67. The zero-order chi connectivity index (χ0) is 21.4. The van der Waals surface area contributed by atoms with Gasteiger partial charge in [-0.2, -0.15) is 0 Å². The molecule has 9 heteroatoms. The molecule has 0 fully saturated rings. The number of amides is 1. The predicted molar refractivity (Wildman–Crippen MR) is 113 cm³/mol. The smallest absolute Gasteiger partial charge is 0.262 e. The van der Waals surface area contributed by atoms with Crippen LogP contribution in [0.4, 0.5) is 5.69 Å². The van der Waals surface area contributed by atoms with Crippen LogP contribution in [0.25, 0.3) is 0 Å². The summed E-state index contributed by atoms with van der Waals surface area (Å²) in [4.78, 5) is 12.1. The van der Waals surface area contributed by atoms with E-state index >= 15 is 0 Å². The van der Waals surface area contributed by atoms with Gasteiger partial charge in [-0.15, -0.1) is 0 Å². The molecule has 1 amide bonds. The van der Waals surface area contributed by atoms with Crippen LogP contribution in [0.15, 0.2) is 47.4 Å². The van der Waals surface area contributed by atoms with E-state index in [4.69, 9.17) is 21.1 Å². The molecule has 0 atom stereocenters. The number of ether oxygens (including phenoxy) is 2. The average molecular weight is 441 g/mol. The van der Waals surface area contributed by atoms with E-state index in [1.165, 1.54) is 30.9 Å². The molecule has 0 saturated heterocycles. The van der Waals surface area contributed by atoms with Crippen LogP contribution < -0.4 is 14.8 Å². The Balaban J connectivity index is 1.94. The SMILES string of the molecule is COCCNS(=O)(=O)c1ccc(OCC(=O)Nc2ccc(C(C)C)cc2)c(Cl)c1. The first kappa shape index (κ1) is 23.2. The highest BCUT2D eigenvalue weighted by atomic mass is 35.5. The van der Waals surface area contributed by atoms with Crippen LogP contribution in [-0.4, -0.2) is 41.2 Å². The molecule has 158 valence electrons. The predicted octanol–water partition coefficient (Wildman–Crippen LogP) is 3.41. The Hall–Kier alpha value is -2.13. The molecule has 0 aliphatic heterocycles. The summed E-state index contributed by atoms with van der Waals surface area (Å²) in [5, 5.41) is 2.83. The van der Waals surface area contributed by atoms with E-state index in [0.717, 1.165) is 0 Å². The Morgan fingerprint density at radius 2 is 1.83 bits per heavy atom. The van der Waals surface area contributed by atoms with Crippen molar-refractivity contribution in [2.45, 2.75) is 24.7 Å². The van der Waals surface area contributed by atoms with Crippen LogP contribution in [-0.2, 0) is 19.6 Å². The number of carbonyl (C=O) groups is 1. The highest BCUT2D eigenvalue weighted by Crippen LogP contribution is 2.27. The Morgan fingerprint density at radius 1 is 1.14 bits per heavy atom. The quantitative estimate of drug-likeness (QED) is 0.552. The molecule has 2 aromatic rings. The summed E-state index contributed by atoms with van der Waals surface area (Å²) in [6.07, 6.45) is 0. The number of anilines is 1. The number of methoxy groups -OCH3 is 1. The van der Waals surface area contributed by atoms with E-state index in [-0.39, 0.29) is 41.3 Å². The standard InChI is InChI=1S/C20H25ClN2O5S/c1-14(2)15-4-6-16(7-5-15)23-20(24)13-28-19-9-8-17(12-18(19)21)29(25,26)22-10-11-27-3/h4-9,12,14,22H,10-11,13H2,1-3H3,(H,23,24). The molecular weight excluding hydrogens is 416 g/mol. The third-order valence-electron chi connectivity index (χ3n) is 4.03. The molecule has 0 aliphatic rings. The molecule has 0 aromatic heterocycles. The summed E-state index contributed by atoms with van der Waals surface area (Å²) < 4.78 is 37.0. The summed E-state index contributed by atoms with van der Waals surface area (Å²) in [6.45, 7) is 4.33. The van der Waals surface area contributed by atoms with Gasteiger partial charge < -0.3 is 14.8 Å². The molecule has 0 heterocycles. The lowest BCUT2D eigenvalue weighted by atomic mass is 10.0. The normalized spacial score (nSPS) is 11.5. The van der Waals surface area contributed by atoms with Crippen molar-refractivity contribution >= 4 is 33.2 Å². The van der Waals surface area contributed by atoms with Gasteiger partial charge >= 0.3 is 0 Å². The Morgan fingerprint density at radius 3 is 2.41 bits per heavy atom. The summed E-state index contributed by atoms with van der Waals surface area (Å²) in [5.41, 5.74) is 1.84. The second-order valence-corrected chi connectivity index (χ2v) is 8.77. The maximum Gasteiger partial charge on any atom is 0.262 e. The zero-order valence-electron chi connectivity index (χ0n) is 16.6. The zero-order valence-corrected chi connectivity index (χ0v) is 18.1. The number of nitrogens with one attached hydrogen (secondary N) is 2. The molecular formula is C20H25ClN2O5S. The number of halogens is 1. The molecule has 0 bridgehead atoms. The number of hydrogen-bond acceptors (Lipinski definition) is 5. The molecule has 2 N–H and O–H groups in total. The molecule has 0 saturated carbocycles. The Labute approximate surface area is 176 Å². The van der Waals surface area contributed by atoms with Gasteiger partial charge in [-0.3, -0.25) is 4.79 Å². The van der Waals surface area contributed by atoms with Crippen molar-refractivity contribution in [1.82, 2.24) is 4.72 Å². The summed E-state index contributed by atoms with van der Waals surface area (Å²) >= 11 is 6.11. The first-order chi connectivity index (χ1) is 13.7. The number of rotatable bonds is 10. The third kappa shape index (κ3) is 7.01. The van der Waals surface area contributed by atoms with Gasteiger partial charge in [0.2, 0.25) is 10.0 Å². The highest BCUT2D eigenvalue weighted by molar-refractivity contribution is 7.89. The first-order valence-electron chi connectivity index (χ1n) is 9.03. The van der Waals surface area contributed by atoms with Gasteiger partial charge in [-0.25, -0.2) is 13.1 Å². The molecule has 7 nitrogen and oxygen atoms in total. The lowest BCUT2D eigenvalue weighted by molar-refractivity contribution is -0.118. The van der Waals surface area contributed by atoms with Gasteiger partial charge in [-0.1, -0.05) is 37.6 Å². The van der Waals surface area contributed by atoms with Crippen LogP contribution >= 0.6 is 11.6 Å². The maximum atomic E-state index is 12.2. The summed E-state index contributed by atoms with van der Waals surface area (Å²) in [7, 11) is -2.22. The minimum Gasteiger partial charge on any atom is -0.482 e. The summed E-state index contributed by atoms with van der Waals surface area (Å²) in [6, 6.07) is 11.6. The van der Waals surface area contributed by atoms with Crippen molar-refractivity contribution in [2.75, 3.05) is 32.2 Å². The van der Waals surface area contributed by atoms with Crippen LogP contribution in [0.5, 0.6) is 5.75 Å². The van der Waals surface area contributed by atoms with Crippen molar-refractivity contribution in [2.24, 2.45) is 0 Å². The molecule has 0 aliphatic carbocycles. The van der Waals surface area contributed by atoms with Gasteiger partial charge in [-0.05, 0) is 41.8 Å². The third-order valence-corrected chi connectivity index (χ3v) is 5.79. The van der Waals surface area contributed by atoms with E-state index < -0.39 is 10.0 Å². The Kier molecular flexibility index (Phi) is 8.45.